The van der Waals surface area contributed by atoms with Crippen LogP contribution in [0.1, 0.15) is 11.1 Å². The topological polar surface area (TPSA) is 88.2 Å². The van der Waals surface area contributed by atoms with Gasteiger partial charge in [-0.2, -0.15) is 0 Å². The van der Waals surface area contributed by atoms with E-state index in [1.54, 1.807) is 29.2 Å². The smallest absolute Gasteiger partial charge is 0.246 e. The Morgan fingerprint density at radius 2 is 1.89 bits per heavy atom. The van der Waals surface area contributed by atoms with Crippen LogP contribution in [0.5, 0.6) is 5.75 Å². The van der Waals surface area contributed by atoms with Gasteiger partial charge in [-0.3, -0.25) is 14.4 Å². The molecule has 0 aromatic heterocycles. The first-order chi connectivity index (χ1) is 16.6. The lowest BCUT2D eigenvalue weighted by Gasteiger charge is -2.49. The van der Waals surface area contributed by atoms with Crippen LogP contribution in [0.3, 0.4) is 0 Å². The zero-order valence-electron chi connectivity index (χ0n) is 19.4. The summed E-state index contributed by atoms with van der Waals surface area (Å²) in [6.45, 7) is 2.63. The molecule has 2 saturated heterocycles. The predicted octanol–water partition coefficient (Wildman–Crippen LogP) is 2.98. The van der Waals surface area contributed by atoms with Gasteiger partial charge in [0.1, 0.15) is 11.6 Å². The number of nitrogens with one attached hydrogen (secondary N) is 1. The van der Waals surface area contributed by atoms with E-state index in [9.17, 15) is 17.6 Å². The van der Waals surface area contributed by atoms with Gasteiger partial charge in [0.15, 0.2) is 0 Å². The Labute approximate surface area is 209 Å². The van der Waals surface area contributed by atoms with Gasteiger partial charge in [0.05, 0.1) is 49.4 Å². The van der Waals surface area contributed by atoms with Crippen LogP contribution in [0.4, 0.5) is 10.1 Å². The van der Waals surface area contributed by atoms with Crippen LogP contribution in [0.25, 0.3) is 6.08 Å². The van der Waals surface area contributed by atoms with E-state index < -0.39 is 10.0 Å². The van der Waals surface area contributed by atoms with Crippen molar-refractivity contribution in [3.63, 3.8) is 0 Å². The van der Waals surface area contributed by atoms with E-state index in [1.165, 1.54) is 31.4 Å². The third kappa shape index (κ3) is 6.32. The van der Waals surface area contributed by atoms with Gasteiger partial charge < -0.3 is 14.4 Å². The number of amides is 1. The number of carbonyl (C=O) groups is 1. The zero-order chi connectivity index (χ0) is 25.2. The fraction of sp³-hybridized carbons (Fsp3) is 0.375. The predicted molar refractivity (Wildman–Crippen MR) is 132 cm³/mol. The number of ether oxygens (including phenoxy) is 2. The molecular weight excluding hydrogens is 497 g/mol. The summed E-state index contributed by atoms with van der Waals surface area (Å²) in [5, 5.41) is 0.243. The molecule has 2 atom stereocenters. The largest absolute Gasteiger partial charge is 0.495 e. The van der Waals surface area contributed by atoms with Gasteiger partial charge in [-0.15, -0.1) is 0 Å². The molecule has 2 aromatic carbocycles. The van der Waals surface area contributed by atoms with Crippen molar-refractivity contribution >= 4 is 39.3 Å². The molecule has 2 aromatic rings. The van der Waals surface area contributed by atoms with Crippen molar-refractivity contribution in [2.24, 2.45) is 0 Å². The van der Waals surface area contributed by atoms with Crippen molar-refractivity contribution in [3.8, 4) is 5.75 Å². The number of rotatable bonds is 7. The molecule has 2 heterocycles. The minimum atomic E-state index is -3.56. The molecule has 2 unspecified atom stereocenters. The average molecular weight is 524 g/mol. The van der Waals surface area contributed by atoms with Crippen LogP contribution in [0, 0.1) is 5.82 Å². The molecule has 1 N–H and O–H groups in total. The maximum Gasteiger partial charge on any atom is 0.246 e. The summed E-state index contributed by atoms with van der Waals surface area (Å²) in [5.74, 6) is -0.103. The molecule has 35 heavy (non-hydrogen) atoms. The van der Waals surface area contributed by atoms with Crippen LogP contribution < -0.4 is 9.46 Å². The number of benzene rings is 2. The Morgan fingerprint density at radius 1 is 1.23 bits per heavy atom. The van der Waals surface area contributed by atoms with E-state index in [1.807, 2.05) is 0 Å². The molecule has 0 saturated carbocycles. The van der Waals surface area contributed by atoms with Gasteiger partial charge in [-0.05, 0) is 35.9 Å². The number of piperazine rings is 1. The molecule has 2 aliphatic heterocycles. The first kappa shape index (κ1) is 25.4. The molecule has 0 aliphatic carbocycles. The highest BCUT2D eigenvalue weighted by molar-refractivity contribution is 7.92. The minimum Gasteiger partial charge on any atom is -0.495 e. The molecule has 4 rings (SSSR count). The molecule has 8 nitrogen and oxygen atoms in total. The lowest BCUT2D eigenvalue weighted by molar-refractivity contribution is -0.141. The van der Waals surface area contributed by atoms with Gasteiger partial charge >= 0.3 is 0 Å². The second-order valence-electron chi connectivity index (χ2n) is 8.67. The summed E-state index contributed by atoms with van der Waals surface area (Å²) in [5.41, 5.74) is 1.70. The number of anilines is 1. The van der Waals surface area contributed by atoms with E-state index in [0.29, 0.717) is 44.2 Å². The lowest BCUT2D eigenvalue weighted by Crippen LogP contribution is -2.64. The fourth-order valence-corrected chi connectivity index (χ4v) is 5.20. The van der Waals surface area contributed by atoms with E-state index in [-0.39, 0.29) is 34.5 Å². The number of morpholine rings is 1. The van der Waals surface area contributed by atoms with Crippen molar-refractivity contribution in [3.05, 3.63) is 64.4 Å². The van der Waals surface area contributed by atoms with Gasteiger partial charge in [0.2, 0.25) is 15.9 Å². The average Bonchev–Trinajstić information content (AvgIpc) is 2.78. The number of fused-ring (bicyclic) bond motifs is 2. The second kappa shape index (κ2) is 10.5. The molecule has 0 radical (unpaired) electrons. The number of nitrogens with zero attached hydrogens (tertiary/aromatic N) is 2. The summed E-state index contributed by atoms with van der Waals surface area (Å²) >= 11 is 6.15. The minimum absolute atomic E-state index is 0.0167. The number of halogens is 2. The van der Waals surface area contributed by atoms with Crippen molar-refractivity contribution in [1.29, 1.82) is 0 Å². The zero-order valence-corrected chi connectivity index (χ0v) is 21.0. The number of carbonyl (C=O) groups excluding carboxylic acids is 1. The Balaban J connectivity index is 1.49. The maximum atomic E-state index is 13.3. The Kier molecular flexibility index (Phi) is 7.65. The summed E-state index contributed by atoms with van der Waals surface area (Å²) in [4.78, 5) is 17.1. The van der Waals surface area contributed by atoms with Crippen LogP contribution in [-0.4, -0.2) is 75.9 Å². The highest BCUT2D eigenvalue weighted by Crippen LogP contribution is 2.32. The Bertz CT molecular complexity index is 1210. The van der Waals surface area contributed by atoms with Gasteiger partial charge in [-0.1, -0.05) is 23.7 Å². The third-order valence-electron chi connectivity index (χ3n) is 6.04. The quantitative estimate of drug-likeness (QED) is 0.561. The van der Waals surface area contributed by atoms with Gasteiger partial charge in [0.25, 0.3) is 0 Å². The number of methoxy groups -OCH3 is 1. The van der Waals surface area contributed by atoms with Crippen LogP contribution in [-0.2, 0) is 26.1 Å². The maximum absolute atomic E-state index is 13.3. The first-order valence-corrected chi connectivity index (χ1v) is 13.3. The number of hydrogen-bond donors (Lipinski definition) is 1. The van der Waals surface area contributed by atoms with Crippen LogP contribution >= 0.6 is 11.6 Å². The van der Waals surface area contributed by atoms with Crippen LogP contribution in [0.15, 0.2) is 42.5 Å². The SMILES string of the molecule is COc1cc(/C=C/C(=O)N2CC3COCC(C2)N3Cc2ccc(F)cc2)c(NS(C)(=O)=O)cc1Cl. The summed E-state index contributed by atoms with van der Waals surface area (Å²) in [6.07, 6.45) is 4.00. The molecule has 2 bridgehead atoms. The first-order valence-electron chi connectivity index (χ1n) is 11.0. The Morgan fingerprint density at radius 3 is 2.49 bits per heavy atom. The Hall–Kier alpha value is -2.66. The van der Waals surface area contributed by atoms with Gasteiger partial charge in [0, 0.05) is 31.3 Å². The summed E-state index contributed by atoms with van der Waals surface area (Å²) in [7, 11) is -2.10. The molecule has 11 heteroatoms. The van der Waals surface area contributed by atoms with Crippen molar-refractivity contribution in [2.75, 3.05) is 44.4 Å². The molecule has 2 aliphatic rings. The molecule has 1 amide bonds. The second-order valence-corrected chi connectivity index (χ2v) is 10.8. The monoisotopic (exact) mass is 523 g/mol. The fourth-order valence-electron chi connectivity index (χ4n) is 4.39. The normalized spacial score (nSPS) is 20.7. The van der Waals surface area contributed by atoms with Crippen molar-refractivity contribution in [1.82, 2.24) is 9.80 Å². The number of sulfonamides is 1. The lowest BCUT2D eigenvalue weighted by atomic mass is 10.0. The van der Waals surface area contributed by atoms with E-state index >= 15 is 0 Å². The van der Waals surface area contributed by atoms with Crippen molar-refractivity contribution < 1.29 is 27.1 Å². The number of hydrogen-bond acceptors (Lipinski definition) is 6. The van der Waals surface area contributed by atoms with E-state index in [2.05, 4.69) is 9.62 Å². The van der Waals surface area contributed by atoms with E-state index in [0.717, 1.165) is 11.8 Å². The summed E-state index contributed by atoms with van der Waals surface area (Å²) in [6, 6.07) is 9.50. The van der Waals surface area contributed by atoms with Gasteiger partial charge in [-0.25, -0.2) is 12.8 Å². The standard InChI is InChI=1S/C24H27ClFN3O5S/c1-33-23-9-17(22(10-21(23)25)27-35(2,31)32)5-8-24(30)28-12-19-14-34-15-20(13-28)29(19)11-16-3-6-18(26)7-4-16/h3-10,19-20,27H,11-15H2,1-2H3/b8-5+. The third-order valence-corrected chi connectivity index (χ3v) is 6.92. The molecule has 0 spiro atoms. The molecule has 2 fully saturated rings. The molecule has 188 valence electrons. The van der Waals surface area contributed by atoms with E-state index in [4.69, 9.17) is 21.1 Å². The van der Waals surface area contributed by atoms with Crippen molar-refractivity contribution in [2.45, 2.75) is 18.6 Å². The molecular formula is C24H27ClFN3O5S. The summed E-state index contributed by atoms with van der Waals surface area (Å²) < 4.78 is 50.2. The highest BCUT2D eigenvalue weighted by Gasteiger charge is 2.39. The van der Waals surface area contributed by atoms with Crippen LogP contribution in [0.2, 0.25) is 5.02 Å². The highest BCUT2D eigenvalue weighted by atomic mass is 35.5.